The van der Waals surface area contributed by atoms with Crippen molar-refractivity contribution >= 4 is 0 Å². The molecule has 1 heterocycles. The topological polar surface area (TPSA) is 98.9 Å². The van der Waals surface area contributed by atoms with Crippen molar-refractivity contribution in [3.8, 4) is 6.07 Å². The van der Waals surface area contributed by atoms with Crippen LogP contribution in [-0.2, 0) is 6.54 Å². The van der Waals surface area contributed by atoms with Crippen LogP contribution in [0.2, 0.25) is 0 Å². The monoisotopic (exact) mass is 249 g/mol. The van der Waals surface area contributed by atoms with Gasteiger partial charge in [-0.05, 0) is 24.7 Å². The minimum absolute atomic E-state index is 0.0619. The Balaban J connectivity index is 2.27. The standard InChI is InChI=1S/C12H15N3O3/c13-4-10-6-15(12(18)14-11(10)17)5-8-2-1-3-9(8)7-16/h6,8-9,16H,1-3,5,7H2,(H,14,17,18). The molecule has 1 saturated carbocycles. The van der Waals surface area contributed by atoms with E-state index in [2.05, 4.69) is 4.98 Å². The second kappa shape index (κ2) is 5.19. The number of aromatic amines is 1. The van der Waals surface area contributed by atoms with Gasteiger partial charge in [0.1, 0.15) is 11.6 Å². The van der Waals surface area contributed by atoms with Gasteiger partial charge >= 0.3 is 5.69 Å². The Morgan fingerprint density at radius 3 is 2.83 bits per heavy atom. The number of rotatable bonds is 3. The van der Waals surface area contributed by atoms with Gasteiger partial charge in [0.05, 0.1) is 0 Å². The van der Waals surface area contributed by atoms with Crippen LogP contribution in [-0.4, -0.2) is 21.3 Å². The van der Waals surface area contributed by atoms with Crippen LogP contribution in [0.15, 0.2) is 15.8 Å². The van der Waals surface area contributed by atoms with Crippen molar-refractivity contribution in [2.75, 3.05) is 6.61 Å². The van der Waals surface area contributed by atoms with Crippen molar-refractivity contribution < 1.29 is 5.11 Å². The molecule has 0 aliphatic heterocycles. The molecule has 2 rings (SSSR count). The van der Waals surface area contributed by atoms with Gasteiger partial charge in [-0.25, -0.2) is 4.79 Å². The molecule has 2 atom stereocenters. The molecule has 18 heavy (non-hydrogen) atoms. The van der Waals surface area contributed by atoms with Crippen molar-refractivity contribution in [2.24, 2.45) is 11.8 Å². The van der Waals surface area contributed by atoms with Crippen LogP contribution in [0.1, 0.15) is 24.8 Å². The predicted molar refractivity (Wildman–Crippen MR) is 64.0 cm³/mol. The number of hydrogen-bond donors (Lipinski definition) is 2. The Morgan fingerprint density at radius 1 is 1.44 bits per heavy atom. The fourth-order valence-electron chi connectivity index (χ4n) is 2.57. The Kier molecular flexibility index (Phi) is 3.63. The van der Waals surface area contributed by atoms with Gasteiger partial charge < -0.3 is 5.11 Å². The summed E-state index contributed by atoms with van der Waals surface area (Å²) in [6, 6.07) is 1.76. The van der Waals surface area contributed by atoms with Crippen molar-refractivity contribution in [1.82, 2.24) is 9.55 Å². The summed E-state index contributed by atoms with van der Waals surface area (Å²) in [7, 11) is 0. The molecule has 6 heteroatoms. The SMILES string of the molecule is N#Cc1cn(CC2CCCC2CO)c(=O)[nH]c1=O. The summed E-state index contributed by atoms with van der Waals surface area (Å²) in [5.74, 6) is 0.430. The summed E-state index contributed by atoms with van der Waals surface area (Å²) < 4.78 is 1.36. The summed E-state index contributed by atoms with van der Waals surface area (Å²) in [6.45, 7) is 0.559. The minimum Gasteiger partial charge on any atom is -0.396 e. The largest absolute Gasteiger partial charge is 0.396 e. The zero-order valence-corrected chi connectivity index (χ0v) is 9.93. The Bertz CT molecular complexity index is 581. The first kappa shape index (κ1) is 12.6. The smallest absolute Gasteiger partial charge is 0.328 e. The zero-order chi connectivity index (χ0) is 13.1. The van der Waals surface area contributed by atoms with Gasteiger partial charge in [0.2, 0.25) is 0 Å². The number of aromatic nitrogens is 2. The molecule has 0 bridgehead atoms. The van der Waals surface area contributed by atoms with E-state index in [1.165, 1.54) is 10.8 Å². The molecule has 0 amide bonds. The summed E-state index contributed by atoms with van der Waals surface area (Å²) in [5.41, 5.74) is -1.21. The van der Waals surface area contributed by atoms with Gasteiger partial charge in [0.25, 0.3) is 5.56 Å². The van der Waals surface area contributed by atoms with Gasteiger partial charge in [0, 0.05) is 19.3 Å². The van der Waals surface area contributed by atoms with Gasteiger partial charge in [-0.3, -0.25) is 14.3 Å². The third-order valence-corrected chi connectivity index (χ3v) is 3.61. The van der Waals surface area contributed by atoms with E-state index >= 15 is 0 Å². The van der Waals surface area contributed by atoms with E-state index in [-0.39, 0.29) is 24.0 Å². The maximum absolute atomic E-state index is 11.6. The lowest BCUT2D eigenvalue weighted by Crippen LogP contribution is -2.33. The highest BCUT2D eigenvalue weighted by atomic mass is 16.3. The zero-order valence-electron chi connectivity index (χ0n) is 9.93. The number of aliphatic hydroxyl groups excluding tert-OH is 1. The minimum atomic E-state index is -0.649. The first-order valence-corrected chi connectivity index (χ1v) is 6.00. The lowest BCUT2D eigenvalue weighted by atomic mass is 9.97. The van der Waals surface area contributed by atoms with Crippen molar-refractivity contribution in [3.05, 3.63) is 32.6 Å². The lowest BCUT2D eigenvalue weighted by molar-refractivity contribution is 0.183. The van der Waals surface area contributed by atoms with Crippen molar-refractivity contribution in [2.45, 2.75) is 25.8 Å². The fraction of sp³-hybridized carbons (Fsp3) is 0.583. The van der Waals surface area contributed by atoms with E-state index in [0.717, 1.165) is 19.3 Å². The molecule has 1 aromatic heterocycles. The van der Waals surface area contributed by atoms with E-state index in [4.69, 9.17) is 5.26 Å². The van der Waals surface area contributed by atoms with E-state index in [0.29, 0.717) is 6.54 Å². The van der Waals surface area contributed by atoms with Crippen LogP contribution in [0.25, 0.3) is 0 Å². The third-order valence-electron chi connectivity index (χ3n) is 3.61. The average Bonchev–Trinajstić information content (AvgIpc) is 2.79. The molecular weight excluding hydrogens is 234 g/mol. The quantitative estimate of drug-likeness (QED) is 0.776. The Morgan fingerprint density at radius 2 is 2.17 bits per heavy atom. The molecule has 2 N–H and O–H groups in total. The first-order chi connectivity index (χ1) is 8.65. The van der Waals surface area contributed by atoms with Crippen LogP contribution in [0, 0.1) is 23.2 Å². The Hall–Kier alpha value is -1.87. The number of nitrogens with one attached hydrogen (secondary N) is 1. The van der Waals surface area contributed by atoms with Gasteiger partial charge in [-0.1, -0.05) is 6.42 Å². The molecule has 0 radical (unpaired) electrons. The average molecular weight is 249 g/mol. The number of nitriles is 1. The molecule has 2 unspecified atom stereocenters. The number of hydrogen-bond acceptors (Lipinski definition) is 4. The number of aliphatic hydroxyl groups is 1. The first-order valence-electron chi connectivity index (χ1n) is 6.00. The van der Waals surface area contributed by atoms with E-state index < -0.39 is 11.2 Å². The highest BCUT2D eigenvalue weighted by Gasteiger charge is 2.27. The number of nitrogens with zero attached hydrogens (tertiary/aromatic N) is 2. The summed E-state index contributed by atoms with van der Waals surface area (Å²) in [5, 5.41) is 18.0. The van der Waals surface area contributed by atoms with Crippen molar-refractivity contribution in [1.29, 1.82) is 5.26 Å². The molecule has 0 saturated heterocycles. The highest BCUT2D eigenvalue weighted by molar-refractivity contribution is 5.21. The molecule has 1 fully saturated rings. The van der Waals surface area contributed by atoms with Gasteiger partial charge in [0.15, 0.2) is 0 Å². The van der Waals surface area contributed by atoms with Crippen LogP contribution in [0.5, 0.6) is 0 Å². The molecule has 1 aliphatic carbocycles. The second-order valence-electron chi connectivity index (χ2n) is 4.70. The van der Waals surface area contributed by atoms with Crippen molar-refractivity contribution in [3.63, 3.8) is 0 Å². The normalized spacial score (nSPS) is 22.9. The number of H-pyrrole nitrogens is 1. The van der Waals surface area contributed by atoms with Crippen LogP contribution in [0.3, 0.4) is 0 Å². The van der Waals surface area contributed by atoms with E-state index in [1.54, 1.807) is 6.07 Å². The van der Waals surface area contributed by atoms with E-state index in [1.807, 2.05) is 0 Å². The van der Waals surface area contributed by atoms with Crippen LogP contribution in [0.4, 0.5) is 0 Å². The molecule has 0 aromatic carbocycles. The molecular formula is C12H15N3O3. The summed E-state index contributed by atoms with van der Waals surface area (Å²) in [6.07, 6.45) is 4.26. The second-order valence-corrected chi connectivity index (χ2v) is 4.70. The molecule has 1 aromatic rings. The van der Waals surface area contributed by atoms with Gasteiger partial charge in [-0.15, -0.1) is 0 Å². The molecule has 96 valence electrons. The predicted octanol–water partition coefficient (Wildman–Crippen LogP) is -0.183. The van der Waals surface area contributed by atoms with Crippen LogP contribution < -0.4 is 11.2 Å². The van der Waals surface area contributed by atoms with E-state index in [9.17, 15) is 14.7 Å². The lowest BCUT2D eigenvalue weighted by Gasteiger charge is -2.18. The maximum atomic E-state index is 11.6. The molecule has 1 aliphatic rings. The highest BCUT2D eigenvalue weighted by Crippen LogP contribution is 2.32. The third kappa shape index (κ3) is 2.36. The maximum Gasteiger partial charge on any atom is 0.328 e. The summed E-state index contributed by atoms with van der Waals surface area (Å²) >= 11 is 0. The molecule has 0 spiro atoms. The fourth-order valence-corrected chi connectivity index (χ4v) is 2.57. The van der Waals surface area contributed by atoms with Gasteiger partial charge in [-0.2, -0.15) is 5.26 Å². The summed E-state index contributed by atoms with van der Waals surface area (Å²) in [4.78, 5) is 25.0. The van der Waals surface area contributed by atoms with Crippen LogP contribution >= 0.6 is 0 Å². The Labute approximate surface area is 104 Å². The molecule has 6 nitrogen and oxygen atoms in total.